The first-order chi connectivity index (χ1) is 8.85. The van der Waals surface area contributed by atoms with Crippen LogP contribution in [0.1, 0.15) is 37.8 Å². The third-order valence-electron chi connectivity index (χ3n) is 3.04. The predicted octanol–water partition coefficient (Wildman–Crippen LogP) is 3.16. The Kier molecular flexibility index (Phi) is 4.54. The molecule has 0 amide bonds. The smallest absolute Gasteiger partial charge is 0.126 e. The molecule has 106 valence electrons. The van der Waals surface area contributed by atoms with Gasteiger partial charge < -0.3 is 15.2 Å². The molecule has 0 bridgehead atoms. The van der Waals surface area contributed by atoms with Crippen LogP contribution in [-0.2, 0) is 6.54 Å². The lowest BCUT2D eigenvalue weighted by Crippen LogP contribution is -2.28. The largest absolute Gasteiger partial charge is 0.490 e. The molecule has 1 aliphatic carbocycles. The second-order valence-corrected chi connectivity index (χ2v) is 6.88. The molecule has 0 unspecified atom stereocenters. The molecular weight excluding hydrogens is 306 g/mol. The fourth-order valence-electron chi connectivity index (χ4n) is 1.93. The summed E-state index contributed by atoms with van der Waals surface area (Å²) in [5.41, 5.74) is 1.41. The van der Waals surface area contributed by atoms with Crippen LogP contribution in [0.5, 0.6) is 5.75 Å². The average molecular weight is 328 g/mol. The van der Waals surface area contributed by atoms with Gasteiger partial charge in [0.15, 0.2) is 0 Å². The third-order valence-corrected chi connectivity index (χ3v) is 3.50. The molecule has 1 aromatic rings. The summed E-state index contributed by atoms with van der Waals surface area (Å²) in [7, 11) is 0. The summed E-state index contributed by atoms with van der Waals surface area (Å²) in [5, 5.41) is 13.3. The zero-order chi connectivity index (χ0) is 14.0. The second kappa shape index (κ2) is 5.81. The van der Waals surface area contributed by atoms with Crippen molar-refractivity contribution in [3.63, 3.8) is 0 Å². The maximum Gasteiger partial charge on any atom is 0.126 e. The van der Waals surface area contributed by atoms with Crippen molar-refractivity contribution in [3.05, 3.63) is 27.7 Å². The molecule has 2 rings (SSSR count). The van der Waals surface area contributed by atoms with Crippen molar-refractivity contribution in [2.24, 2.45) is 0 Å². The van der Waals surface area contributed by atoms with Crippen molar-refractivity contribution in [1.29, 1.82) is 0 Å². The van der Waals surface area contributed by atoms with Crippen LogP contribution >= 0.6 is 15.9 Å². The molecule has 1 aromatic carbocycles. The minimum Gasteiger partial charge on any atom is -0.490 e. The number of rotatable bonds is 6. The van der Waals surface area contributed by atoms with E-state index in [1.807, 2.05) is 13.0 Å². The lowest BCUT2D eigenvalue weighted by Gasteiger charge is -2.21. The van der Waals surface area contributed by atoms with Crippen molar-refractivity contribution in [1.82, 2.24) is 5.32 Å². The number of nitrogens with one attached hydrogen (secondary N) is 1. The van der Waals surface area contributed by atoms with Crippen LogP contribution in [-0.4, -0.2) is 23.4 Å². The third kappa shape index (κ3) is 4.79. The molecule has 0 radical (unpaired) electrons. The van der Waals surface area contributed by atoms with Crippen LogP contribution in [0.2, 0.25) is 0 Å². The molecule has 1 saturated carbocycles. The van der Waals surface area contributed by atoms with E-state index in [2.05, 4.69) is 27.3 Å². The van der Waals surface area contributed by atoms with Crippen molar-refractivity contribution in [3.8, 4) is 5.75 Å². The molecule has 0 saturated heterocycles. The van der Waals surface area contributed by atoms with E-state index in [1.54, 1.807) is 13.8 Å². The summed E-state index contributed by atoms with van der Waals surface area (Å²) >= 11 is 3.53. The second-order valence-electron chi connectivity index (χ2n) is 5.97. The van der Waals surface area contributed by atoms with Crippen LogP contribution < -0.4 is 10.1 Å². The van der Waals surface area contributed by atoms with Crippen LogP contribution in [0.4, 0.5) is 0 Å². The zero-order valence-electron chi connectivity index (χ0n) is 11.8. The Morgan fingerprint density at radius 1 is 1.42 bits per heavy atom. The van der Waals surface area contributed by atoms with Crippen molar-refractivity contribution < 1.29 is 9.84 Å². The number of hydrogen-bond donors (Lipinski definition) is 2. The van der Waals surface area contributed by atoms with E-state index in [0.717, 1.165) is 27.9 Å². The summed E-state index contributed by atoms with van der Waals surface area (Å²) in [4.78, 5) is 0. The first-order valence-electron chi connectivity index (χ1n) is 6.73. The van der Waals surface area contributed by atoms with Gasteiger partial charge in [-0.15, -0.1) is 0 Å². The number of aliphatic hydroxyl groups is 1. The highest BCUT2D eigenvalue weighted by Crippen LogP contribution is 2.30. The fourth-order valence-corrected chi connectivity index (χ4v) is 2.55. The van der Waals surface area contributed by atoms with Gasteiger partial charge in [-0.05, 0) is 51.3 Å². The minimum absolute atomic E-state index is 0.298. The highest BCUT2D eigenvalue weighted by atomic mass is 79.9. The molecule has 4 heteroatoms. The Morgan fingerprint density at radius 3 is 2.68 bits per heavy atom. The van der Waals surface area contributed by atoms with Crippen molar-refractivity contribution in [2.75, 3.05) is 6.61 Å². The predicted molar refractivity (Wildman–Crippen MR) is 80.5 cm³/mol. The number of hydrogen-bond acceptors (Lipinski definition) is 3. The summed E-state index contributed by atoms with van der Waals surface area (Å²) < 4.78 is 6.89. The van der Waals surface area contributed by atoms with Gasteiger partial charge in [0.05, 0.1) is 5.60 Å². The molecule has 2 N–H and O–H groups in total. The van der Waals surface area contributed by atoms with E-state index in [-0.39, 0.29) is 0 Å². The van der Waals surface area contributed by atoms with Gasteiger partial charge in [-0.2, -0.15) is 0 Å². The highest BCUT2D eigenvalue weighted by Gasteiger charge is 2.22. The van der Waals surface area contributed by atoms with Gasteiger partial charge in [0.1, 0.15) is 12.4 Å². The monoisotopic (exact) mass is 327 g/mol. The highest BCUT2D eigenvalue weighted by molar-refractivity contribution is 9.10. The summed E-state index contributed by atoms with van der Waals surface area (Å²) in [6.45, 7) is 6.65. The molecule has 1 fully saturated rings. The van der Waals surface area contributed by atoms with Gasteiger partial charge in [0, 0.05) is 22.6 Å². The molecule has 0 aromatic heterocycles. The van der Waals surface area contributed by atoms with Gasteiger partial charge >= 0.3 is 0 Å². The van der Waals surface area contributed by atoms with Crippen LogP contribution in [0.3, 0.4) is 0 Å². The molecule has 0 heterocycles. The normalized spacial score (nSPS) is 15.6. The van der Waals surface area contributed by atoms with Crippen LogP contribution in [0.15, 0.2) is 16.6 Å². The molecule has 19 heavy (non-hydrogen) atoms. The lowest BCUT2D eigenvalue weighted by molar-refractivity contribution is 0.0279. The lowest BCUT2D eigenvalue weighted by atomic mass is 10.1. The maximum atomic E-state index is 9.79. The SMILES string of the molecule is Cc1cc(Br)cc(CNC2CC2)c1OCC(C)(C)O. The van der Waals surface area contributed by atoms with Crippen molar-refractivity contribution in [2.45, 2.75) is 51.8 Å². The first kappa shape index (κ1) is 14.8. The first-order valence-corrected chi connectivity index (χ1v) is 7.52. The van der Waals surface area contributed by atoms with E-state index in [9.17, 15) is 5.11 Å². The molecular formula is C15H22BrNO2. The zero-order valence-corrected chi connectivity index (χ0v) is 13.4. The van der Waals surface area contributed by atoms with Gasteiger partial charge in [0.25, 0.3) is 0 Å². The molecule has 0 aliphatic heterocycles. The summed E-state index contributed by atoms with van der Waals surface area (Å²) in [6, 6.07) is 4.80. The van der Waals surface area contributed by atoms with E-state index in [4.69, 9.17) is 4.74 Å². The van der Waals surface area contributed by atoms with E-state index >= 15 is 0 Å². The quantitative estimate of drug-likeness (QED) is 0.843. The Labute approximate surface area is 123 Å². The standard InChI is InChI=1S/C15H22BrNO2/c1-10-6-12(16)7-11(8-17-13-4-5-13)14(10)19-9-15(2,3)18/h6-7,13,17-18H,4-5,8-9H2,1-3H3. The van der Waals surface area contributed by atoms with Gasteiger partial charge in [0.2, 0.25) is 0 Å². The average Bonchev–Trinajstić information content (AvgIpc) is 3.06. The number of ether oxygens (including phenoxy) is 1. The van der Waals surface area contributed by atoms with E-state index in [0.29, 0.717) is 12.6 Å². The number of halogens is 1. The van der Waals surface area contributed by atoms with Crippen LogP contribution in [0.25, 0.3) is 0 Å². The van der Waals surface area contributed by atoms with Crippen molar-refractivity contribution >= 4 is 15.9 Å². The van der Waals surface area contributed by atoms with E-state index in [1.165, 1.54) is 12.8 Å². The fraction of sp³-hybridized carbons (Fsp3) is 0.600. The topological polar surface area (TPSA) is 41.5 Å². The Bertz CT molecular complexity index is 450. The van der Waals surface area contributed by atoms with Gasteiger partial charge in [-0.3, -0.25) is 0 Å². The summed E-state index contributed by atoms with van der Waals surface area (Å²) in [5.74, 6) is 0.887. The molecule has 0 spiro atoms. The van der Waals surface area contributed by atoms with Gasteiger partial charge in [-0.25, -0.2) is 0 Å². The maximum absolute atomic E-state index is 9.79. The van der Waals surface area contributed by atoms with E-state index < -0.39 is 5.60 Å². The number of benzene rings is 1. The van der Waals surface area contributed by atoms with Gasteiger partial charge in [-0.1, -0.05) is 15.9 Å². The molecule has 0 atom stereocenters. The Balaban J connectivity index is 2.12. The Hall–Kier alpha value is -0.580. The molecule has 3 nitrogen and oxygen atoms in total. The summed E-state index contributed by atoms with van der Waals surface area (Å²) in [6.07, 6.45) is 2.54. The molecule has 1 aliphatic rings. The Morgan fingerprint density at radius 2 is 2.11 bits per heavy atom. The minimum atomic E-state index is -0.819. The number of aryl methyl sites for hydroxylation is 1. The van der Waals surface area contributed by atoms with Crippen LogP contribution in [0, 0.1) is 6.92 Å².